The highest BCUT2D eigenvalue weighted by molar-refractivity contribution is 5.61. The Hall–Kier alpha value is -1.96. The molecule has 2 nitrogen and oxygen atoms in total. The van der Waals surface area contributed by atoms with Gasteiger partial charge < -0.3 is 10.4 Å². The zero-order chi connectivity index (χ0) is 22.0. The summed E-state index contributed by atoms with van der Waals surface area (Å²) in [5.74, 6) is 0.420. The highest BCUT2D eigenvalue weighted by Crippen LogP contribution is 2.26. The van der Waals surface area contributed by atoms with E-state index < -0.39 is 0 Å². The number of aromatic hydroxyl groups is 1. The highest BCUT2D eigenvalue weighted by Gasteiger charge is 2.04. The van der Waals surface area contributed by atoms with E-state index in [-0.39, 0.29) is 0 Å². The van der Waals surface area contributed by atoms with E-state index in [0.717, 1.165) is 29.8 Å². The Morgan fingerprint density at radius 2 is 1.10 bits per heavy atom. The lowest BCUT2D eigenvalue weighted by Gasteiger charge is -2.10. The molecule has 31 heavy (non-hydrogen) atoms. The van der Waals surface area contributed by atoms with Crippen LogP contribution in [0, 0.1) is 0 Å². The van der Waals surface area contributed by atoms with Gasteiger partial charge in [0.15, 0.2) is 0 Å². The summed E-state index contributed by atoms with van der Waals surface area (Å²) in [6.45, 7) is 2.29. The minimum absolute atomic E-state index is 0.420. The standard InChI is InChI=1S/C29H45NO/c1-2-3-4-5-6-7-8-9-10-11-12-13-14-15-17-20-26-25-28(23-24-29(26)31)30-27-21-18-16-19-22-27/h16,18-19,21-25,30-31H,2-15,17,20H2,1H3. The third kappa shape index (κ3) is 11.9. The molecule has 0 bridgehead atoms. The van der Waals surface area contributed by atoms with Crippen LogP contribution in [0.2, 0.25) is 0 Å². The second-order valence-electron chi connectivity index (χ2n) is 9.03. The normalized spacial score (nSPS) is 11.0. The van der Waals surface area contributed by atoms with E-state index in [4.69, 9.17) is 0 Å². The molecule has 0 spiro atoms. The number of anilines is 2. The van der Waals surface area contributed by atoms with Crippen LogP contribution in [0.3, 0.4) is 0 Å². The zero-order valence-electron chi connectivity index (χ0n) is 19.9. The van der Waals surface area contributed by atoms with E-state index in [1.807, 2.05) is 30.3 Å². The van der Waals surface area contributed by atoms with Crippen LogP contribution in [-0.2, 0) is 6.42 Å². The lowest BCUT2D eigenvalue weighted by molar-refractivity contribution is 0.466. The molecule has 0 fully saturated rings. The number of unbranched alkanes of at least 4 members (excludes halogenated alkanes) is 14. The maximum atomic E-state index is 10.2. The van der Waals surface area contributed by atoms with E-state index in [0.29, 0.717) is 5.75 Å². The first-order chi connectivity index (χ1) is 15.3. The van der Waals surface area contributed by atoms with Gasteiger partial charge in [0.05, 0.1) is 0 Å². The molecule has 0 amide bonds. The summed E-state index contributed by atoms with van der Waals surface area (Å²) in [5.41, 5.74) is 3.17. The van der Waals surface area contributed by atoms with Gasteiger partial charge >= 0.3 is 0 Å². The highest BCUT2D eigenvalue weighted by atomic mass is 16.3. The number of rotatable bonds is 18. The van der Waals surface area contributed by atoms with E-state index in [1.54, 1.807) is 0 Å². The summed E-state index contributed by atoms with van der Waals surface area (Å²) in [5, 5.41) is 13.6. The Bertz CT molecular complexity index is 682. The van der Waals surface area contributed by atoms with Crippen LogP contribution in [0.5, 0.6) is 5.75 Å². The lowest BCUT2D eigenvalue weighted by Crippen LogP contribution is -1.93. The van der Waals surface area contributed by atoms with E-state index >= 15 is 0 Å². The minimum Gasteiger partial charge on any atom is -0.508 e. The summed E-state index contributed by atoms with van der Waals surface area (Å²) in [7, 11) is 0. The van der Waals surface area contributed by atoms with Crippen LogP contribution >= 0.6 is 0 Å². The van der Waals surface area contributed by atoms with Crippen LogP contribution in [0.15, 0.2) is 48.5 Å². The first-order valence-electron chi connectivity index (χ1n) is 12.9. The van der Waals surface area contributed by atoms with Crippen molar-refractivity contribution in [2.24, 2.45) is 0 Å². The van der Waals surface area contributed by atoms with Crippen LogP contribution in [0.25, 0.3) is 0 Å². The summed E-state index contributed by atoms with van der Waals surface area (Å²) >= 11 is 0. The average Bonchev–Trinajstić information content (AvgIpc) is 2.79. The smallest absolute Gasteiger partial charge is 0.118 e. The van der Waals surface area contributed by atoms with Gasteiger partial charge in [0.2, 0.25) is 0 Å². The minimum atomic E-state index is 0.420. The number of aryl methyl sites for hydroxylation is 1. The molecule has 2 rings (SSSR count). The molecule has 2 N–H and O–H groups in total. The number of nitrogens with one attached hydrogen (secondary N) is 1. The first kappa shape index (κ1) is 25.3. The van der Waals surface area contributed by atoms with Gasteiger partial charge in [-0.1, -0.05) is 115 Å². The van der Waals surface area contributed by atoms with Crippen LogP contribution in [0.1, 0.15) is 109 Å². The van der Waals surface area contributed by atoms with Crippen LogP contribution < -0.4 is 5.32 Å². The molecule has 2 aromatic carbocycles. The van der Waals surface area contributed by atoms with Gasteiger partial charge in [-0.15, -0.1) is 0 Å². The van der Waals surface area contributed by atoms with E-state index in [1.165, 1.54) is 89.9 Å². The Kier molecular flexibility index (Phi) is 13.6. The molecule has 0 unspecified atom stereocenters. The van der Waals surface area contributed by atoms with E-state index in [2.05, 4.69) is 30.4 Å². The third-order valence-corrected chi connectivity index (χ3v) is 6.19. The van der Waals surface area contributed by atoms with Gasteiger partial charge in [0.25, 0.3) is 0 Å². The molecule has 0 aliphatic heterocycles. The molecule has 0 saturated carbocycles. The summed E-state index contributed by atoms with van der Waals surface area (Å²) in [4.78, 5) is 0. The number of phenolic OH excluding ortho intramolecular Hbond substituents is 1. The molecule has 0 aromatic heterocycles. The monoisotopic (exact) mass is 423 g/mol. The third-order valence-electron chi connectivity index (χ3n) is 6.19. The second-order valence-corrected chi connectivity index (χ2v) is 9.03. The van der Waals surface area contributed by atoms with Crippen LogP contribution in [0.4, 0.5) is 11.4 Å². The number of hydrogen-bond donors (Lipinski definition) is 2. The summed E-state index contributed by atoms with van der Waals surface area (Å²) < 4.78 is 0. The molecule has 2 heteroatoms. The molecule has 0 saturated heterocycles. The predicted octanol–water partition coefficient (Wildman–Crippen LogP) is 9.55. The lowest BCUT2D eigenvalue weighted by atomic mass is 10.0. The molecular weight excluding hydrogens is 378 g/mol. The zero-order valence-corrected chi connectivity index (χ0v) is 19.9. The van der Waals surface area contributed by atoms with Crippen molar-refractivity contribution >= 4 is 11.4 Å². The largest absolute Gasteiger partial charge is 0.508 e. The SMILES string of the molecule is CCCCCCCCCCCCCCCCCc1cc(Nc2ccccc2)ccc1O. The molecule has 172 valence electrons. The van der Waals surface area contributed by atoms with Crippen molar-refractivity contribution in [3.63, 3.8) is 0 Å². The van der Waals surface area contributed by atoms with Gasteiger partial charge in [0, 0.05) is 11.4 Å². The molecule has 0 radical (unpaired) electrons. The van der Waals surface area contributed by atoms with Gasteiger partial charge in [-0.05, 0) is 48.7 Å². The number of phenols is 1. The quantitative estimate of drug-likeness (QED) is 0.185. The molecular formula is C29H45NO. The van der Waals surface area contributed by atoms with Crippen molar-refractivity contribution in [1.29, 1.82) is 0 Å². The van der Waals surface area contributed by atoms with Gasteiger partial charge in [-0.2, -0.15) is 0 Å². The fraction of sp³-hybridized carbons (Fsp3) is 0.586. The molecule has 0 aliphatic rings. The van der Waals surface area contributed by atoms with Gasteiger partial charge in [-0.3, -0.25) is 0 Å². The van der Waals surface area contributed by atoms with Gasteiger partial charge in [0.1, 0.15) is 5.75 Å². The Labute approximate surface area is 191 Å². The molecule has 0 aliphatic carbocycles. The average molecular weight is 424 g/mol. The van der Waals surface area contributed by atoms with Crippen molar-refractivity contribution in [2.45, 2.75) is 110 Å². The molecule has 0 heterocycles. The van der Waals surface area contributed by atoms with Gasteiger partial charge in [-0.25, -0.2) is 0 Å². The van der Waals surface area contributed by atoms with Crippen LogP contribution in [-0.4, -0.2) is 5.11 Å². The van der Waals surface area contributed by atoms with Crippen molar-refractivity contribution in [3.8, 4) is 5.75 Å². The topological polar surface area (TPSA) is 32.3 Å². The maximum absolute atomic E-state index is 10.2. The van der Waals surface area contributed by atoms with Crippen molar-refractivity contribution in [3.05, 3.63) is 54.1 Å². The Morgan fingerprint density at radius 1 is 0.581 bits per heavy atom. The fourth-order valence-corrected chi connectivity index (χ4v) is 4.24. The summed E-state index contributed by atoms with van der Waals surface area (Å²) in [6, 6.07) is 16.0. The summed E-state index contributed by atoms with van der Waals surface area (Å²) in [6.07, 6.45) is 21.7. The Morgan fingerprint density at radius 3 is 1.65 bits per heavy atom. The Balaban J connectivity index is 1.47. The maximum Gasteiger partial charge on any atom is 0.118 e. The first-order valence-corrected chi connectivity index (χ1v) is 12.9. The predicted molar refractivity (Wildman–Crippen MR) is 136 cm³/mol. The van der Waals surface area contributed by atoms with Crippen molar-refractivity contribution in [2.75, 3.05) is 5.32 Å². The number of para-hydroxylation sites is 1. The van der Waals surface area contributed by atoms with Crippen molar-refractivity contribution < 1.29 is 5.11 Å². The van der Waals surface area contributed by atoms with E-state index in [9.17, 15) is 5.11 Å². The fourth-order valence-electron chi connectivity index (χ4n) is 4.24. The second kappa shape index (κ2) is 16.7. The van der Waals surface area contributed by atoms with Crippen molar-refractivity contribution in [1.82, 2.24) is 0 Å². The molecule has 0 atom stereocenters. The number of benzene rings is 2. The molecule has 2 aromatic rings. The number of hydrogen-bond acceptors (Lipinski definition) is 2.